The Morgan fingerprint density at radius 3 is 2.44 bits per heavy atom. The van der Waals surface area contributed by atoms with E-state index in [-0.39, 0.29) is 24.6 Å². The molecule has 0 radical (unpaired) electrons. The summed E-state index contributed by atoms with van der Waals surface area (Å²) in [6.07, 6.45) is 1.47. The number of para-hydroxylation sites is 1. The Morgan fingerprint density at radius 2 is 1.82 bits per heavy atom. The molecule has 0 saturated heterocycles. The number of carbonyl (C=O) groups excluding carboxylic acids is 2. The number of rotatable bonds is 7. The van der Waals surface area contributed by atoms with Gasteiger partial charge in [-0.25, -0.2) is 0 Å². The Bertz CT molecular complexity index is 1220. The molecule has 3 aromatic rings. The summed E-state index contributed by atoms with van der Waals surface area (Å²) in [7, 11) is 0. The molecule has 0 spiro atoms. The summed E-state index contributed by atoms with van der Waals surface area (Å²) in [4.78, 5) is 28.1. The highest BCUT2D eigenvalue weighted by Crippen LogP contribution is 2.46. The van der Waals surface area contributed by atoms with Gasteiger partial charge in [0.1, 0.15) is 24.3 Å². The van der Waals surface area contributed by atoms with E-state index in [1.165, 1.54) is 11.2 Å². The molecule has 34 heavy (non-hydrogen) atoms. The first-order valence-corrected chi connectivity index (χ1v) is 10.9. The van der Waals surface area contributed by atoms with Crippen molar-refractivity contribution in [2.45, 2.75) is 26.8 Å². The number of hydrogen-bond donors (Lipinski definition) is 2. The van der Waals surface area contributed by atoms with E-state index in [1.807, 2.05) is 0 Å². The maximum absolute atomic E-state index is 13.4. The normalized spacial score (nSPS) is 16.3. The van der Waals surface area contributed by atoms with Gasteiger partial charge in [-0.15, -0.1) is 0 Å². The molecule has 1 atom stereocenters. The summed E-state index contributed by atoms with van der Waals surface area (Å²) in [5.74, 6) is -1.19. The Kier molecular flexibility index (Phi) is 6.26. The Hall–Kier alpha value is -3.91. The molecule has 1 aliphatic heterocycles. The van der Waals surface area contributed by atoms with Gasteiger partial charge in [0, 0.05) is 28.3 Å². The molecule has 2 heterocycles. The Balaban J connectivity index is 1.84. The lowest BCUT2D eigenvalue weighted by atomic mass is 9.82. The van der Waals surface area contributed by atoms with Gasteiger partial charge in [0.05, 0.1) is 18.2 Å². The van der Waals surface area contributed by atoms with Crippen LogP contribution in [-0.2, 0) is 9.59 Å². The summed E-state index contributed by atoms with van der Waals surface area (Å²) in [6.45, 7) is 5.06. The van der Waals surface area contributed by atoms with Crippen LogP contribution < -0.4 is 9.64 Å². The summed E-state index contributed by atoms with van der Waals surface area (Å²) >= 11 is 0. The number of Topliss-reactive ketones (excluding diaryl/α,β-unsaturated/α-hetero) is 1. The van der Waals surface area contributed by atoms with E-state index in [0.29, 0.717) is 22.7 Å². The quantitative estimate of drug-likeness (QED) is 0.540. The molecule has 1 amide bonds. The zero-order valence-corrected chi connectivity index (χ0v) is 19.2. The molecule has 2 aromatic carbocycles. The van der Waals surface area contributed by atoms with Crippen LogP contribution in [0.4, 0.5) is 5.69 Å². The van der Waals surface area contributed by atoms with Gasteiger partial charge >= 0.3 is 0 Å². The van der Waals surface area contributed by atoms with Crippen LogP contribution in [0.25, 0.3) is 11.3 Å². The Labute approximate surface area is 197 Å². The van der Waals surface area contributed by atoms with Crippen LogP contribution in [0, 0.1) is 5.41 Å². The van der Waals surface area contributed by atoms with E-state index in [4.69, 9.17) is 9.26 Å². The number of benzene rings is 2. The molecule has 0 fully saturated rings. The predicted octanol–water partition coefficient (Wildman–Crippen LogP) is 4.23. The van der Waals surface area contributed by atoms with Crippen molar-refractivity contribution in [3.8, 4) is 17.0 Å². The zero-order chi connectivity index (χ0) is 24.5. The summed E-state index contributed by atoms with van der Waals surface area (Å²) in [5.41, 5.74) is 1.62. The molecule has 1 unspecified atom stereocenters. The highest BCUT2D eigenvalue weighted by Gasteiger charge is 2.47. The molecular formula is C26H26N2O6. The van der Waals surface area contributed by atoms with Gasteiger partial charge in [0.15, 0.2) is 11.5 Å². The maximum Gasteiger partial charge on any atom is 0.294 e. The van der Waals surface area contributed by atoms with E-state index in [0.717, 1.165) is 5.56 Å². The number of carbonyl (C=O) groups is 2. The first-order chi connectivity index (χ1) is 16.2. The minimum Gasteiger partial charge on any atom is -0.503 e. The smallest absolute Gasteiger partial charge is 0.294 e. The number of aromatic nitrogens is 1. The van der Waals surface area contributed by atoms with Gasteiger partial charge in [-0.2, -0.15) is 0 Å². The topological polar surface area (TPSA) is 113 Å². The second kappa shape index (κ2) is 9.15. The Morgan fingerprint density at radius 1 is 1.12 bits per heavy atom. The van der Waals surface area contributed by atoms with Crippen LogP contribution >= 0.6 is 0 Å². The molecule has 176 valence electrons. The van der Waals surface area contributed by atoms with Gasteiger partial charge in [0.25, 0.3) is 5.91 Å². The van der Waals surface area contributed by atoms with Crippen molar-refractivity contribution in [2.24, 2.45) is 5.41 Å². The average molecular weight is 463 g/mol. The lowest BCUT2D eigenvalue weighted by Crippen LogP contribution is -2.33. The van der Waals surface area contributed by atoms with Crippen molar-refractivity contribution < 1.29 is 29.1 Å². The second-order valence-corrected chi connectivity index (χ2v) is 8.96. The number of ether oxygens (including phenoxy) is 1. The van der Waals surface area contributed by atoms with Gasteiger partial charge in [-0.05, 0) is 18.2 Å². The van der Waals surface area contributed by atoms with E-state index in [2.05, 4.69) is 5.16 Å². The first-order valence-electron chi connectivity index (χ1n) is 10.9. The van der Waals surface area contributed by atoms with E-state index in [9.17, 15) is 19.8 Å². The molecule has 1 aromatic heterocycles. The zero-order valence-electron chi connectivity index (χ0n) is 19.2. The van der Waals surface area contributed by atoms with Crippen molar-refractivity contribution in [1.82, 2.24) is 5.16 Å². The second-order valence-electron chi connectivity index (χ2n) is 8.96. The molecule has 1 aliphatic rings. The number of aliphatic hydroxyl groups excluding tert-OH is 2. The van der Waals surface area contributed by atoms with Gasteiger partial charge in [-0.1, -0.05) is 56.3 Å². The van der Waals surface area contributed by atoms with E-state index >= 15 is 0 Å². The molecular weight excluding hydrogens is 436 g/mol. The number of nitrogens with zero attached hydrogens (tertiary/aromatic N) is 2. The number of anilines is 1. The SMILES string of the molecule is CC(C)(C)C(=O)C1=C(O)C(=O)N(c2ccc(-c3ccon3)cc2)C1c1ccccc1OCCO. The first kappa shape index (κ1) is 23.3. The standard InChI is InChI=1S/C26H26N2O6/c1-26(2,3)24(31)21-22(18-6-4-5-7-20(18)33-15-13-29)28(25(32)23(21)30)17-10-8-16(9-11-17)19-12-14-34-27-19/h4-12,14,22,29-30H,13,15H2,1-3H3. The van der Waals surface area contributed by atoms with Crippen molar-refractivity contribution in [3.63, 3.8) is 0 Å². The maximum atomic E-state index is 13.4. The summed E-state index contributed by atoms with van der Waals surface area (Å²) < 4.78 is 10.6. The average Bonchev–Trinajstić information content (AvgIpc) is 3.44. The third-order valence-corrected chi connectivity index (χ3v) is 5.58. The molecule has 8 nitrogen and oxygen atoms in total. The third-order valence-electron chi connectivity index (χ3n) is 5.58. The minimum atomic E-state index is -0.910. The number of ketones is 1. The van der Waals surface area contributed by atoms with Crippen LogP contribution in [0.15, 0.2) is 76.7 Å². The fraction of sp³-hybridized carbons (Fsp3) is 0.269. The largest absolute Gasteiger partial charge is 0.503 e. The van der Waals surface area contributed by atoms with Crippen LogP contribution in [-0.4, -0.2) is 40.3 Å². The molecule has 8 heteroatoms. The third kappa shape index (κ3) is 4.20. The fourth-order valence-electron chi connectivity index (χ4n) is 3.95. The fourth-order valence-corrected chi connectivity index (χ4v) is 3.95. The number of aliphatic hydroxyl groups is 2. The van der Waals surface area contributed by atoms with Crippen LogP contribution in [0.5, 0.6) is 5.75 Å². The lowest BCUT2D eigenvalue weighted by Gasteiger charge is -2.30. The van der Waals surface area contributed by atoms with Crippen molar-refractivity contribution in [3.05, 3.63) is 77.8 Å². The van der Waals surface area contributed by atoms with Gasteiger partial charge in [-0.3, -0.25) is 14.5 Å². The molecule has 0 bridgehead atoms. The molecule has 2 N–H and O–H groups in total. The summed E-state index contributed by atoms with van der Waals surface area (Å²) in [6, 6.07) is 14.8. The van der Waals surface area contributed by atoms with Crippen molar-refractivity contribution in [1.29, 1.82) is 0 Å². The number of amides is 1. The van der Waals surface area contributed by atoms with Crippen LogP contribution in [0.2, 0.25) is 0 Å². The van der Waals surface area contributed by atoms with E-state index in [1.54, 1.807) is 75.4 Å². The van der Waals surface area contributed by atoms with Gasteiger partial charge in [0.2, 0.25) is 0 Å². The van der Waals surface area contributed by atoms with Crippen LogP contribution in [0.1, 0.15) is 32.4 Å². The molecule has 4 rings (SSSR count). The van der Waals surface area contributed by atoms with Crippen molar-refractivity contribution in [2.75, 3.05) is 18.1 Å². The summed E-state index contributed by atoms with van der Waals surface area (Å²) in [5, 5.41) is 24.1. The lowest BCUT2D eigenvalue weighted by molar-refractivity contribution is -0.123. The highest BCUT2D eigenvalue weighted by atomic mass is 16.5. The molecule has 0 aliphatic carbocycles. The van der Waals surface area contributed by atoms with E-state index < -0.39 is 23.1 Å². The van der Waals surface area contributed by atoms with Crippen molar-refractivity contribution >= 4 is 17.4 Å². The molecule has 0 saturated carbocycles. The van der Waals surface area contributed by atoms with Gasteiger partial charge < -0.3 is 19.5 Å². The monoisotopic (exact) mass is 462 g/mol. The minimum absolute atomic E-state index is 0.0122. The van der Waals surface area contributed by atoms with Crippen LogP contribution in [0.3, 0.4) is 0 Å². The predicted molar refractivity (Wildman–Crippen MR) is 125 cm³/mol. The number of hydrogen-bond acceptors (Lipinski definition) is 7. The highest BCUT2D eigenvalue weighted by molar-refractivity contribution is 6.17.